The van der Waals surface area contributed by atoms with E-state index in [4.69, 9.17) is 4.74 Å². The van der Waals surface area contributed by atoms with Crippen LogP contribution in [-0.4, -0.2) is 28.6 Å². The van der Waals surface area contributed by atoms with Gasteiger partial charge in [-0.05, 0) is 45.6 Å². The van der Waals surface area contributed by atoms with Crippen molar-refractivity contribution in [2.45, 2.75) is 4.90 Å². The fourth-order valence-corrected chi connectivity index (χ4v) is 4.28. The van der Waals surface area contributed by atoms with Gasteiger partial charge < -0.3 is 9.47 Å². The third-order valence-corrected chi connectivity index (χ3v) is 5.59. The second-order valence-electron chi connectivity index (χ2n) is 4.06. The number of methoxy groups -OCH3 is 2. The van der Waals surface area contributed by atoms with Crippen molar-refractivity contribution in [3.63, 3.8) is 0 Å². The molecule has 0 aliphatic rings. The van der Waals surface area contributed by atoms with E-state index in [-0.39, 0.29) is 15.5 Å². The molecule has 118 valence electrons. The summed E-state index contributed by atoms with van der Waals surface area (Å²) in [5, 5.41) is 1.61. The predicted octanol–water partition coefficient (Wildman–Crippen LogP) is 3.11. The van der Waals surface area contributed by atoms with E-state index in [0.29, 0.717) is 10.2 Å². The molecule has 9 heteroatoms. The van der Waals surface area contributed by atoms with Crippen LogP contribution < -0.4 is 9.46 Å². The number of carbonyl (C=O) groups excluding carboxylic acids is 1. The molecule has 0 aliphatic heterocycles. The zero-order chi connectivity index (χ0) is 16.3. The molecule has 0 saturated heterocycles. The third-order valence-electron chi connectivity index (χ3n) is 2.71. The van der Waals surface area contributed by atoms with Gasteiger partial charge in [0.15, 0.2) is 0 Å². The Hall–Kier alpha value is -1.58. The van der Waals surface area contributed by atoms with Crippen molar-refractivity contribution in [1.82, 2.24) is 0 Å². The van der Waals surface area contributed by atoms with Gasteiger partial charge in [0.2, 0.25) is 0 Å². The first-order valence-electron chi connectivity index (χ1n) is 5.91. The summed E-state index contributed by atoms with van der Waals surface area (Å²) in [7, 11) is -1.11. The first-order chi connectivity index (χ1) is 10.4. The van der Waals surface area contributed by atoms with E-state index >= 15 is 0 Å². The number of benzene rings is 1. The maximum absolute atomic E-state index is 12.4. The molecule has 1 heterocycles. The van der Waals surface area contributed by atoms with Gasteiger partial charge in [-0.2, -0.15) is 0 Å². The van der Waals surface area contributed by atoms with Crippen LogP contribution in [0.25, 0.3) is 0 Å². The largest absolute Gasteiger partial charge is 0.496 e. The molecule has 0 amide bonds. The van der Waals surface area contributed by atoms with Crippen LogP contribution in [0.3, 0.4) is 0 Å². The number of thiophene rings is 1. The molecule has 1 aromatic carbocycles. The lowest BCUT2D eigenvalue weighted by Gasteiger charge is -2.10. The van der Waals surface area contributed by atoms with E-state index in [1.165, 1.54) is 38.5 Å². The first-order valence-corrected chi connectivity index (χ1v) is 9.07. The van der Waals surface area contributed by atoms with Gasteiger partial charge in [-0.15, -0.1) is 11.3 Å². The number of esters is 1. The lowest BCUT2D eigenvalue weighted by atomic mass is 10.3. The number of halogens is 1. The quantitative estimate of drug-likeness (QED) is 0.772. The van der Waals surface area contributed by atoms with Gasteiger partial charge in [-0.1, -0.05) is 0 Å². The summed E-state index contributed by atoms with van der Waals surface area (Å²) in [6, 6.07) is 5.88. The number of sulfonamides is 1. The molecule has 6 nitrogen and oxygen atoms in total. The van der Waals surface area contributed by atoms with Crippen molar-refractivity contribution in [2.75, 3.05) is 18.9 Å². The number of nitrogens with one attached hydrogen (secondary N) is 1. The summed E-state index contributed by atoms with van der Waals surface area (Å²) in [5.41, 5.74) is 0.184. The number of hydrogen-bond donors (Lipinski definition) is 1. The zero-order valence-corrected chi connectivity index (χ0v) is 14.8. The molecule has 0 unspecified atom stereocenters. The Balaban J connectivity index is 2.34. The minimum absolute atomic E-state index is 0.0437. The molecule has 0 radical (unpaired) electrons. The third kappa shape index (κ3) is 3.42. The van der Waals surface area contributed by atoms with Crippen LogP contribution in [0.2, 0.25) is 0 Å². The Morgan fingerprint density at radius 3 is 2.59 bits per heavy atom. The fraction of sp³-hybridized carbons (Fsp3) is 0.154. The molecular formula is C13H12BrNO5S2. The highest BCUT2D eigenvalue weighted by atomic mass is 79.9. The maximum Gasteiger partial charge on any atom is 0.350 e. The van der Waals surface area contributed by atoms with Crippen LogP contribution in [0, 0.1) is 0 Å². The van der Waals surface area contributed by atoms with Gasteiger partial charge in [-0.3, -0.25) is 4.72 Å². The molecule has 0 spiro atoms. The van der Waals surface area contributed by atoms with Gasteiger partial charge in [0, 0.05) is 0 Å². The van der Waals surface area contributed by atoms with Crippen molar-refractivity contribution in [2.24, 2.45) is 0 Å². The van der Waals surface area contributed by atoms with Crippen LogP contribution in [0.4, 0.5) is 5.69 Å². The average Bonchev–Trinajstić information content (AvgIpc) is 2.93. The van der Waals surface area contributed by atoms with Crippen LogP contribution in [0.15, 0.2) is 39.0 Å². The Morgan fingerprint density at radius 1 is 1.27 bits per heavy atom. The molecule has 22 heavy (non-hydrogen) atoms. The molecule has 2 rings (SSSR count). The monoisotopic (exact) mass is 405 g/mol. The molecule has 1 aromatic heterocycles. The topological polar surface area (TPSA) is 81.7 Å². The van der Waals surface area contributed by atoms with E-state index in [2.05, 4.69) is 25.4 Å². The molecule has 2 aromatic rings. The number of hydrogen-bond acceptors (Lipinski definition) is 6. The van der Waals surface area contributed by atoms with E-state index < -0.39 is 16.0 Å². The van der Waals surface area contributed by atoms with E-state index in [9.17, 15) is 13.2 Å². The fourth-order valence-electron chi connectivity index (χ4n) is 1.66. The van der Waals surface area contributed by atoms with Gasteiger partial charge in [0.1, 0.15) is 10.6 Å². The minimum Gasteiger partial charge on any atom is -0.496 e. The molecule has 0 atom stereocenters. The number of ether oxygens (including phenoxy) is 2. The Kier molecular flexibility index (Phi) is 5.09. The second kappa shape index (κ2) is 6.67. The highest BCUT2D eigenvalue weighted by Crippen LogP contribution is 2.30. The second-order valence-corrected chi connectivity index (χ2v) is 7.51. The average molecular weight is 406 g/mol. The number of rotatable bonds is 5. The SMILES string of the molecule is COC(=O)c1sccc1NS(=O)(=O)c1ccc(OC)c(Br)c1. The maximum atomic E-state index is 12.4. The first kappa shape index (κ1) is 16.8. The van der Waals surface area contributed by atoms with Crippen LogP contribution in [0.5, 0.6) is 5.75 Å². The summed E-state index contributed by atoms with van der Waals surface area (Å²) in [6.45, 7) is 0. The standard InChI is InChI=1S/C13H12BrNO5S2/c1-19-11-4-3-8(7-9(11)14)22(17,18)15-10-5-6-21-12(10)13(16)20-2/h3-7,15H,1-2H3. The van der Waals surface area contributed by atoms with E-state index in [0.717, 1.165) is 11.3 Å². The molecular weight excluding hydrogens is 394 g/mol. The normalized spacial score (nSPS) is 11.0. The Labute approximate surface area is 140 Å². The number of carbonyl (C=O) groups is 1. The highest BCUT2D eigenvalue weighted by Gasteiger charge is 2.21. The van der Waals surface area contributed by atoms with Gasteiger partial charge >= 0.3 is 5.97 Å². The van der Waals surface area contributed by atoms with E-state index in [1.807, 2.05) is 0 Å². The number of anilines is 1. The zero-order valence-electron chi connectivity index (χ0n) is 11.6. The molecule has 1 N–H and O–H groups in total. The summed E-state index contributed by atoms with van der Waals surface area (Å²) in [6.07, 6.45) is 0. The predicted molar refractivity (Wildman–Crippen MR) is 87.2 cm³/mol. The lowest BCUT2D eigenvalue weighted by molar-refractivity contribution is 0.0607. The minimum atomic E-state index is -3.83. The van der Waals surface area contributed by atoms with Gasteiger partial charge in [-0.25, -0.2) is 13.2 Å². The summed E-state index contributed by atoms with van der Waals surface area (Å²) < 4.78 is 37.4. The molecule has 0 saturated carbocycles. The Morgan fingerprint density at radius 2 is 2.00 bits per heavy atom. The van der Waals surface area contributed by atoms with Crippen molar-refractivity contribution in [1.29, 1.82) is 0 Å². The van der Waals surface area contributed by atoms with Crippen molar-refractivity contribution >= 4 is 48.9 Å². The molecule has 0 aliphatic carbocycles. The summed E-state index contributed by atoms with van der Waals surface area (Å²) in [5.74, 6) is -0.0756. The Bertz CT molecular complexity index is 801. The molecule has 0 bridgehead atoms. The smallest absolute Gasteiger partial charge is 0.350 e. The van der Waals surface area contributed by atoms with Crippen molar-refractivity contribution < 1.29 is 22.7 Å². The highest BCUT2D eigenvalue weighted by molar-refractivity contribution is 9.10. The van der Waals surface area contributed by atoms with E-state index in [1.54, 1.807) is 5.38 Å². The van der Waals surface area contributed by atoms with Gasteiger partial charge in [0.25, 0.3) is 10.0 Å². The van der Waals surface area contributed by atoms with Crippen LogP contribution in [0.1, 0.15) is 9.67 Å². The summed E-state index contributed by atoms with van der Waals surface area (Å²) in [4.78, 5) is 11.8. The van der Waals surface area contributed by atoms with Crippen molar-refractivity contribution in [3.05, 3.63) is 39.0 Å². The summed E-state index contributed by atoms with van der Waals surface area (Å²) >= 11 is 4.33. The van der Waals surface area contributed by atoms with Crippen molar-refractivity contribution in [3.8, 4) is 5.75 Å². The van der Waals surface area contributed by atoms with Crippen LogP contribution >= 0.6 is 27.3 Å². The van der Waals surface area contributed by atoms with Crippen LogP contribution in [-0.2, 0) is 14.8 Å². The van der Waals surface area contributed by atoms with Gasteiger partial charge in [0.05, 0.1) is 29.3 Å². The molecule has 0 fully saturated rings. The lowest BCUT2D eigenvalue weighted by Crippen LogP contribution is -2.14.